The highest BCUT2D eigenvalue weighted by Crippen LogP contribution is 2.27. The molecule has 6 heteroatoms. The van der Waals surface area contributed by atoms with Gasteiger partial charge in [-0.25, -0.2) is 9.59 Å². The summed E-state index contributed by atoms with van der Waals surface area (Å²) in [4.78, 5) is 28.2. The van der Waals surface area contributed by atoms with Gasteiger partial charge in [-0.1, -0.05) is 32.0 Å². The Labute approximate surface area is 156 Å². The van der Waals surface area contributed by atoms with Gasteiger partial charge in [-0.3, -0.25) is 0 Å². The lowest BCUT2D eigenvalue weighted by molar-refractivity contribution is 0.0174. The zero-order valence-electron chi connectivity index (χ0n) is 16.8. The number of ether oxygens (including phenoxy) is 1. The number of hydrogen-bond acceptors (Lipinski definition) is 3. The highest BCUT2D eigenvalue weighted by molar-refractivity contribution is 5.91. The average Bonchev–Trinajstić information content (AvgIpc) is 2.55. The largest absolute Gasteiger partial charge is 0.444 e. The van der Waals surface area contributed by atoms with Crippen molar-refractivity contribution in [2.45, 2.75) is 53.1 Å². The van der Waals surface area contributed by atoms with E-state index in [0.29, 0.717) is 32.1 Å². The lowest BCUT2D eigenvalue weighted by Gasteiger charge is -2.35. The van der Waals surface area contributed by atoms with Gasteiger partial charge in [0.25, 0.3) is 0 Å². The number of nitrogens with one attached hydrogen (secondary N) is 1. The van der Waals surface area contributed by atoms with Gasteiger partial charge in [0.1, 0.15) is 5.60 Å². The van der Waals surface area contributed by atoms with Crippen molar-refractivity contribution in [2.75, 3.05) is 31.5 Å². The molecule has 1 N–H and O–H groups in total. The minimum absolute atomic E-state index is 0.120. The number of carbonyl (C=O) groups excluding carboxylic acids is 2. The van der Waals surface area contributed by atoms with Gasteiger partial charge in [-0.15, -0.1) is 0 Å². The number of aryl methyl sites for hydroxylation is 1. The van der Waals surface area contributed by atoms with E-state index in [9.17, 15) is 9.59 Å². The van der Waals surface area contributed by atoms with Crippen LogP contribution in [0.15, 0.2) is 18.2 Å². The predicted octanol–water partition coefficient (Wildman–Crippen LogP) is 4.20. The van der Waals surface area contributed by atoms with Crippen LogP contribution in [0.25, 0.3) is 0 Å². The Hall–Kier alpha value is -2.24. The first-order valence-corrected chi connectivity index (χ1v) is 9.22. The summed E-state index contributed by atoms with van der Waals surface area (Å²) in [6.45, 7) is 13.7. The monoisotopic (exact) mass is 361 g/mol. The van der Waals surface area contributed by atoms with Crippen molar-refractivity contribution in [2.24, 2.45) is 0 Å². The maximum absolute atomic E-state index is 12.7. The quantitative estimate of drug-likeness (QED) is 0.858. The molecule has 1 heterocycles. The van der Waals surface area contributed by atoms with E-state index in [1.807, 2.05) is 45.9 Å². The first-order chi connectivity index (χ1) is 12.1. The number of hydrogen-bond donors (Lipinski definition) is 1. The maximum atomic E-state index is 12.7. The molecule has 1 saturated heterocycles. The van der Waals surface area contributed by atoms with E-state index in [-0.39, 0.29) is 12.1 Å². The van der Waals surface area contributed by atoms with E-state index < -0.39 is 5.60 Å². The third-order valence-electron chi connectivity index (χ3n) is 4.38. The van der Waals surface area contributed by atoms with E-state index in [4.69, 9.17) is 4.74 Å². The van der Waals surface area contributed by atoms with Gasteiger partial charge in [0, 0.05) is 31.9 Å². The van der Waals surface area contributed by atoms with E-state index >= 15 is 0 Å². The second-order valence-corrected chi connectivity index (χ2v) is 8.08. The molecule has 0 bridgehead atoms. The number of urea groups is 1. The molecular formula is C20H31N3O3. The lowest BCUT2D eigenvalue weighted by Crippen LogP contribution is -2.52. The van der Waals surface area contributed by atoms with E-state index in [1.165, 1.54) is 0 Å². The number of amides is 3. The van der Waals surface area contributed by atoms with Crippen LogP contribution in [-0.2, 0) is 4.74 Å². The number of piperazine rings is 1. The molecule has 0 atom stereocenters. The van der Waals surface area contributed by atoms with Gasteiger partial charge in [0.2, 0.25) is 0 Å². The summed E-state index contributed by atoms with van der Waals surface area (Å²) in [7, 11) is 0. The van der Waals surface area contributed by atoms with Crippen molar-refractivity contribution in [3.63, 3.8) is 0 Å². The van der Waals surface area contributed by atoms with E-state index in [0.717, 1.165) is 16.8 Å². The van der Waals surface area contributed by atoms with Crippen LogP contribution in [0.4, 0.5) is 15.3 Å². The Kier molecular flexibility index (Phi) is 6.16. The zero-order valence-corrected chi connectivity index (χ0v) is 16.8. The van der Waals surface area contributed by atoms with Crippen LogP contribution in [0.1, 0.15) is 51.7 Å². The molecular weight excluding hydrogens is 330 g/mol. The summed E-state index contributed by atoms with van der Waals surface area (Å²) in [5.74, 6) is 0.328. The third-order valence-corrected chi connectivity index (χ3v) is 4.38. The van der Waals surface area contributed by atoms with Crippen molar-refractivity contribution in [1.29, 1.82) is 0 Å². The molecule has 0 unspecified atom stereocenters. The summed E-state index contributed by atoms with van der Waals surface area (Å²) in [5, 5.41) is 3.06. The molecule has 1 aliphatic rings. The van der Waals surface area contributed by atoms with E-state index in [2.05, 4.69) is 19.2 Å². The molecule has 144 valence electrons. The summed E-state index contributed by atoms with van der Waals surface area (Å²) in [5.41, 5.74) is 2.56. The van der Waals surface area contributed by atoms with Gasteiger partial charge in [0.15, 0.2) is 0 Å². The van der Waals surface area contributed by atoms with Gasteiger partial charge in [-0.2, -0.15) is 0 Å². The van der Waals surface area contributed by atoms with Crippen LogP contribution in [-0.4, -0.2) is 53.7 Å². The van der Waals surface area contributed by atoms with Crippen LogP contribution >= 0.6 is 0 Å². The Bertz CT molecular complexity index is 657. The molecule has 0 spiro atoms. The number of anilines is 1. The second kappa shape index (κ2) is 7.98. The Morgan fingerprint density at radius 1 is 1.08 bits per heavy atom. The number of nitrogens with zero attached hydrogens (tertiary/aromatic N) is 2. The average molecular weight is 361 g/mol. The molecule has 6 nitrogen and oxygen atoms in total. The summed E-state index contributed by atoms with van der Waals surface area (Å²) in [6, 6.07) is 5.94. The highest BCUT2D eigenvalue weighted by Gasteiger charge is 2.28. The number of benzene rings is 1. The van der Waals surface area contributed by atoms with Gasteiger partial charge < -0.3 is 19.9 Å². The maximum Gasteiger partial charge on any atom is 0.410 e. The fourth-order valence-corrected chi connectivity index (χ4v) is 2.95. The van der Waals surface area contributed by atoms with Gasteiger partial charge >= 0.3 is 12.1 Å². The molecule has 1 aromatic carbocycles. The number of rotatable bonds is 2. The van der Waals surface area contributed by atoms with Gasteiger partial charge in [0.05, 0.1) is 0 Å². The summed E-state index contributed by atoms with van der Waals surface area (Å²) < 4.78 is 5.39. The minimum Gasteiger partial charge on any atom is -0.444 e. The van der Waals surface area contributed by atoms with E-state index in [1.54, 1.807) is 9.80 Å². The SMILES string of the molecule is Cc1cccc(C(C)C)c1NC(=O)N1CCN(C(=O)OC(C)(C)C)CC1. The van der Waals surface area contributed by atoms with Crippen LogP contribution in [0, 0.1) is 6.92 Å². The molecule has 1 fully saturated rings. The third kappa shape index (κ3) is 5.13. The molecule has 0 aromatic heterocycles. The highest BCUT2D eigenvalue weighted by atomic mass is 16.6. The fraction of sp³-hybridized carbons (Fsp3) is 0.600. The van der Waals surface area contributed by atoms with Crippen molar-refractivity contribution >= 4 is 17.8 Å². The number of carbonyl (C=O) groups is 2. The normalized spacial score (nSPS) is 15.2. The molecule has 26 heavy (non-hydrogen) atoms. The van der Waals surface area contributed by atoms with Crippen molar-refractivity contribution in [3.05, 3.63) is 29.3 Å². The molecule has 1 aromatic rings. The topological polar surface area (TPSA) is 61.9 Å². The number of para-hydroxylation sites is 1. The fourth-order valence-electron chi connectivity index (χ4n) is 2.95. The second-order valence-electron chi connectivity index (χ2n) is 8.08. The molecule has 2 rings (SSSR count). The van der Waals surface area contributed by atoms with Crippen LogP contribution < -0.4 is 5.32 Å². The van der Waals surface area contributed by atoms with Crippen LogP contribution in [0.5, 0.6) is 0 Å². The predicted molar refractivity (Wildman–Crippen MR) is 104 cm³/mol. The first kappa shape index (κ1) is 20.1. The summed E-state index contributed by atoms with van der Waals surface area (Å²) in [6.07, 6.45) is -0.321. The van der Waals surface area contributed by atoms with Gasteiger partial charge in [-0.05, 0) is 44.7 Å². The standard InChI is InChI=1S/C20H31N3O3/c1-14(2)16-9-7-8-15(3)17(16)21-18(24)22-10-12-23(13-11-22)19(25)26-20(4,5)6/h7-9,14H,10-13H2,1-6H3,(H,21,24). The van der Waals surface area contributed by atoms with Crippen molar-refractivity contribution in [3.8, 4) is 0 Å². The van der Waals surface area contributed by atoms with Crippen LogP contribution in [0.3, 0.4) is 0 Å². The summed E-state index contributed by atoms with van der Waals surface area (Å²) >= 11 is 0. The smallest absolute Gasteiger partial charge is 0.410 e. The Morgan fingerprint density at radius 3 is 2.19 bits per heavy atom. The lowest BCUT2D eigenvalue weighted by atomic mass is 9.98. The molecule has 0 aliphatic carbocycles. The first-order valence-electron chi connectivity index (χ1n) is 9.22. The molecule has 0 saturated carbocycles. The molecule has 1 aliphatic heterocycles. The Morgan fingerprint density at radius 2 is 1.65 bits per heavy atom. The van der Waals surface area contributed by atoms with Crippen LogP contribution in [0.2, 0.25) is 0 Å². The molecule has 3 amide bonds. The Balaban J connectivity index is 1.97. The minimum atomic E-state index is -0.510. The van der Waals surface area contributed by atoms with Crippen molar-refractivity contribution in [1.82, 2.24) is 9.80 Å². The molecule has 0 radical (unpaired) electrons. The zero-order chi connectivity index (χ0) is 19.5. The van der Waals surface area contributed by atoms with Crippen molar-refractivity contribution < 1.29 is 14.3 Å².